The Balaban J connectivity index is 1.90. The average Bonchev–Trinajstić information content (AvgIpc) is 2.76. The predicted octanol–water partition coefficient (Wildman–Crippen LogP) is 3.52. The number of para-hydroxylation sites is 1. The highest BCUT2D eigenvalue weighted by Crippen LogP contribution is 2.15. The summed E-state index contributed by atoms with van der Waals surface area (Å²) in [5.41, 5.74) is 3.37. The first-order valence-electron chi connectivity index (χ1n) is 11.0. The number of nitrogens with zero attached hydrogens (tertiary/aromatic N) is 2. The number of carbonyl (C=O) groups is 1. The largest absolute Gasteiger partial charge is 0.356 e. The number of amides is 1. The van der Waals surface area contributed by atoms with Gasteiger partial charge in [0.2, 0.25) is 5.91 Å². The SMILES string of the molecule is CCCNC(=O)CCCCn1c(=O)c2ccccc2n(Cc2cc(C)ccc2C)c1=O. The molecule has 1 amide bonds. The van der Waals surface area contributed by atoms with Gasteiger partial charge in [-0.25, -0.2) is 4.79 Å². The zero-order valence-corrected chi connectivity index (χ0v) is 18.6. The molecular formula is C25H31N3O3. The molecule has 0 bridgehead atoms. The summed E-state index contributed by atoms with van der Waals surface area (Å²) in [4.78, 5) is 38.1. The Bertz CT molecular complexity index is 1190. The summed E-state index contributed by atoms with van der Waals surface area (Å²) in [6.45, 7) is 7.45. The molecule has 3 rings (SSSR count). The fraction of sp³-hybridized carbons (Fsp3) is 0.400. The lowest BCUT2D eigenvalue weighted by atomic mass is 10.1. The second kappa shape index (κ2) is 10.2. The Kier molecular flexibility index (Phi) is 7.45. The quantitative estimate of drug-likeness (QED) is 0.537. The van der Waals surface area contributed by atoms with Crippen LogP contribution in [0.25, 0.3) is 10.9 Å². The number of hydrogen-bond acceptors (Lipinski definition) is 3. The average molecular weight is 422 g/mol. The minimum absolute atomic E-state index is 0.0139. The Labute approximate surface area is 182 Å². The van der Waals surface area contributed by atoms with Crippen LogP contribution in [0.2, 0.25) is 0 Å². The summed E-state index contributed by atoms with van der Waals surface area (Å²) in [6.07, 6.45) is 2.53. The third-order valence-electron chi connectivity index (χ3n) is 5.57. The zero-order chi connectivity index (χ0) is 22.4. The minimum Gasteiger partial charge on any atom is -0.356 e. The van der Waals surface area contributed by atoms with Crippen LogP contribution >= 0.6 is 0 Å². The van der Waals surface area contributed by atoms with Crippen molar-refractivity contribution >= 4 is 16.8 Å². The van der Waals surface area contributed by atoms with Gasteiger partial charge >= 0.3 is 5.69 Å². The summed E-state index contributed by atoms with van der Waals surface area (Å²) in [5, 5.41) is 3.39. The molecule has 0 spiro atoms. The van der Waals surface area contributed by atoms with Gasteiger partial charge in [-0.05, 0) is 56.4 Å². The van der Waals surface area contributed by atoms with Gasteiger partial charge in [0.15, 0.2) is 0 Å². The van der Waals surface area contributed by atoms with Crippen molar-refractivity contribution in [1.82, 2.24) is 14.5 Å². The second-order valence-corrected chi connectivity index (χ2v) is 8.08. The van der Waals surface area contributed by atoms with Crippen LogP contribution in [0, 0.1) is 13.8 Å². The summed E-state index contributed by atoms with van der Waals surface area (Å²) < 4.78 is 3.00. The van der Waals surface area contributed by atoms with E-state index in [-0.39, 0.29) is 17.2 Å². The Morgan fingerprint density at radius 1 is 1.00 bits per heavy atom. The van der Waals surface area contributed by atoms with Crippen molar-refractivity contribution in [2.75, 3.05) is 6.54 Å². The molecule has 0 aliphatic rings. The van der Waals surface area contributed by atoms with E-state index in [0.717, 1.165) is 23.1 Å². The van der Waals surface area contributed by atoms with Gasteiger partial charge in [0, 0.05) is 19.5 Å². The van der Waals surface area contributed by atoms with Crippen molar-refractivity contribution in [3.8, 4) is 0 Å². The van der Waals surface area contributed by atoms with E-state index in [1.54, 1.807) is 10.6 Å². The lowest BCUT2D eigenvalue weighted by molar-refractivity contribution is -0.121. The number of fused-ring (bicyclic) bond motifs is 1. The molecule has 3 aromatic rings. The van der Waals surface area contributed by atoms with Crippen molar-refractivity contribution in [3.63, 3.8) is 0 Å². The number of carbonyl (C=O) groups excluding carboxylic acids is 1. The molecule has 6 nitrogen and oxygen atoms in total. The summed E-state index contributed by atoms with van der Waals surface area (Å²) in [7, 11) is 0. The highest BCUT2D eigenvalue weighted by atomic mass is 16.2. The molecule has 0 aliphatic carbocycles. The van der Waals surface area contributed by atoms with Gasteiger partial charge in [-0.15, -0.1) is 0 Å². The molecule has 0 saturated heterocycles. The number of rotatable bonds is 9. The third-order valence-corrected chi connectivity index (χ3v) is 5.57. The monoisotopic (exact) mass is 421 g/mol. The maximum absolute atomic E-state index is 13.3. The normalized spacial score (nSPS) is 11.1. The smallest absolute Gasteiger partial charge is 0.331 e. The van der Waals surface area contributed by atoms with Crippen LogP contribution in [0.15, 0.2) is 52.1 Å². The summed E-state index contributed by atoms with van der Waals surface area (Å²) in [6, 6.07) is 13.5. The number of unbranched alkanes of at least 4 members (excludes halogenated alkanes) is 1. The maximum Gasteiger partial charge on any atom is 0.331 e. The Morgan fingerprint density at radius 3 is 2.55 bits per heavy atom. The van der Waals surface area contributed by atoms with E-state index in [0.29, 0.717) is 49.8 Å². The van der Waals surface area contributed by atoms with Crippen LogP contribution in [-0.4, -0.2) is 21.6 Å². The van der Waals surface area contributed by atoms with E-state index in [1.165, 1.54) is 4.57 Å². The summed E-state index contributed by atoms with van der Waals surface area (Å²) >= 11 is 0. The van der Waals surface area contributed by atoms with Gasteiger partial charge < -0.3 is 5.32 Å². The van der Waals surface area contributed by atoms with Crippen LogP contribution in [0.1, 0.15) is 49.3 Å². The molecule has 6 heteroatoms. The standard InChI is InChI=1S/C25H31N3O3/c1-4-14-26-23(29)11-7-8-15-27-24(30)21-9-5-6-10-22(21)28(25(27)31)17-20-16-18(2)12-13-19(20)3/h5-6,9-10,12-13,16H,4,7-8,11,14-15,17H2,1-3H3,(H,26,29). The molecule has 31 heavy (non-hydrogen) atoms. The molecular weight excluding hydrogens is 390 g/mol. The van der Waals surface area contributed by atoms with Gasteiger partial charge in [0.05, 0.1) is 17.4 Å². The second-order valence-electron chi connectivity index (χ2n) is 8.08. The molecule has 0 radical (unpaired) electrons. The Morgan fingerprint density at radius 2 is 1.77 bits per heavy atom. The maximum atomic E-state index is 13.3. The third kappa shape index (κ3) is 5.32. The van der Waals surface area contributed by atoms with Crippen molar-refractivity contribution in [3.05, 3.63) is 80.0 Å². The van der Waals surface area contributed by atoms with E-state index in [2.05, 4.69) is 23.5 Å². The fourth-order valence-electron chi connectivity index (χ4n) is 3.77. The van der Waals surface area contributed by atoms with Crippen molar-refractivity contribution in [2.24, 2.45) is 0 Å². The van der Waals surface area contributed by atoms with Gasteiger partial charge in [-0.2, -0.15) is 0 Å². The highest BCUT2D eigenvalue weighted by molar-refractivity contribution is 5.78. The number of aromatic nitrogens is 2. The van der Waals surface area contributed by atoms with E-state index in [1.807, 2.05) is 39.0 Å². The van der Waals surface area contributed by atoms with E-state index >= 15 is 0 Å². The Hall–Kier alpha value is -3.15. The topological polar surface area (TPSA) is 73.1 Å². The van der Waals surface area contributed by atoms with Gasteiger partial charge in [-0.1, -0.05) is 42.8 Å². The van der Waals surface area contributed by atoms with Crippen LogP contribution < -0.4 is 16.6 Å². The molecule has 2 aromatic carbocycles. The van der Waals surface area contributed by atoms with Crippen LogP contribution in [0.5, 0.6) is 0 Å². The van der Waals surface area contributed by atoms with E-state index in [9.17, 15) is 14.4 Å². The van der Waals surface area contributed by atoms with Gasteiger partial charge in [0.25, 0.3) is 5.56 Å². The van der Waals surface area contributed by atoms with E-state index in [4.69, 9.17) is 0 Å². The molecule has 0 saturated carbocycles. The first-order valence-corrected chi connectivity index (χ1v) is 11.0. The number of aryl methyl sites for hydroxylation is 2. The number of hydrogen-bond donors (Lipinski definition) is 1. The predicted molar refractivity (Wildman–Crippen MR) is 125 cm³/mol. The number of benzene rings is 2. The van der Waals surface area contributed by atoms with Crippen LogP contribution in [0.4, 0.5) is 0 Å². The van der Waals surface area contributed by atoms with E-state index < -0.39 is 0 Å². The molecule has 0 atom stereocenters. The molecule has 0 unspecified atom stereocenters. The molecule has 0 aliphatic heterocycles. The molecule has 1 N–H and O–H groups in total. The lowest BCUT2D eigenvalue weighted by Gasteiger charge is -2.16. The van der Waals surface area contributed by atoms with Gasteiger partial charge in [0.1, 0.15) is 0 Å². The molecule has 0 fully saturated rings. The highest BCUT2D eigenvalue weighted by Gasteiger charge is 2.14. The number of nitrogens with one attached hydrogen (secondary N) is 1. The van der Waals surface area contributed by atoms with Crippen LogP contribution in [-0.2, 0) is 17.9 Å². The summed E-state index contributed by atoms with van der Waals surface area (Å²) in [5.74, 6) is 0.0139. The molecule has 164 valence electrons. The van der Waals surface area contributed by atoms with Crippen molar-refractivity contribution in [1.29, 1.82) is 0 Å². The molecule has 1 heterocycles. The van der Waals surface area contributed by atoms with Crippen molar-refractivity contribution < 1.29 is 4.79 Å². The van der Waals surface area contributed by atoms with Crippen LogP contribution in [0.3, 0.4) is 0 Å². The first-order chi connectivity index (χ1) is 14.9. The molecule has 1 aromatic heterocycles. The first kappa shape index (κ1) is 22.5. The van der Waals surface area contributed by atoms with Gasteiger partial charge in [-0.3, -0.25) is 18.7 Å². The lowest BCUT2D eigenvalue weighted by Crippen LogP contribution is -2.40. The minimum atomic E-state index is -0.306. The van der Waals surface area contributed by atoms with Crippen molar-refractivity contribution in [2.45, 2.75) is 59.5 Å². The zero-order valence-electron chi connectivity index (χ0n) is 18.6. The fourth-order valence-corrected chi connectivity index (χ4v) is 3.77.